The molecule has 0 fully saturated rings. The summed E-state index contributed by atoms with van der Waals surface area (Å²) in [5, 5.41) is 8.22. The van der Waals surface area contributed by atoms with Crippen molar-refractivity contribution < 1.29 is 19.4 Å². The summed E-state index contributed by atoms with van der Waals surface area (Å²) in [6.45, 7) is 2.56. The summed E-state index contributed by atoms with van der Waals surface area (Å²) in [6, 6.07) is 0. The van der Waals surface area contributed by atoms with E-state index in [0.29, 0.717) is 6.61 Å². The van der Waals surface area contributed by atoms with Crippen LogP contribution in [0.3, 0.4) is 0 Å². The number of ether oxygens (including phenoxy) is 2. The molecule has 0 amide bonds. The molecule has 66 valence electrons. The first kappa shape index (κ1) is 10.4. The molecule has 0 aliphatic heterocycles. The van der Waals surface area contributed by atoms with Crippen molar-refractivity contribution in [2.75, 3.05) is 20.3 Å². The molecule has 1 atom stereocenters. The van der Waals surface area contributed by atoms with E-state index in [1.807, 2.05) is 6.92 Å². The van der Waals surface area contributed by atoms with E-state index < -0.39 is 5.97 Å². The number of hydrogen-bond acceptors (Lipinski definition) is 3. The molecule has 0 bridgehead atoms. The maximum Gasteiger partial charge on any atom is 0.305 e. The number of carbonyl (C=O) groups is 1. The van der Waals surface area contributed by atoms with Crippen molar-refractivity contribution in [1.29, 1.82) is 0 Å². The fourth-order valence-electron chi connectivity index (χ4n) is 0.477. The number of methoxy groups -OCH3 is 1. The van der Waals surface area contributed by atoms with Gasteiger partial charge in [0.25, 0.3) is 0 Å². The maximum atomic E-state index is 10.0. The van der Waals surface area contributed by atoms with Crippen molar-refractivity contribution in [3.8, 4) is 0 Å². The van der Waals surface area contributed by atoms with Gasteiger partial charge in [0.05, 0.1) is 25.7 Å². The molecule has 0 aromatic heterocycles. The van der Waals surface area contributed by atoms with Crippen LogP contribution in [0.2, 0.25) is 0 Å². The predicted molar refractivity (Wildman–Crippen MR) is 39.5 cm³/mol. The highest BCUT2D eigenvalue weighted by atomic mass is 16.5. The number of aliphatic carboxylic acids is 1. The van der Waals surface area contributed by atoms with E-state index in [-0.39, 0.29) is 19.1 Å². The molecule has 4 nitrogen and oxygen atoms in total. The van der Waals surface area contributed by atoms with E-state index in [2.05, 4.69) is 0 Å². The summed E-state index contributed by atoms with van der Waals surface area (Å²) in [7, 11) is 1.59. The molecule has 1 N–H and O–H groups in total. The van der Waals surface area contributed by atoms with Crippen LogP contribution in [0.15, 0.2) is 0 Å². The zero-order valence-electron chi connectivity index (χ0n) is 6.87. The second-order valence-electron chi connectivity index (χ2n) is 2.26. The smallest absolute Gasteiger partial charge is 0.305 e. The highest BCUT2D eigenvalue weighted by Gasteiger charge is 2.00. The van der Waals surface area contributed by atoms with Crippen LogP contribution in [-0.2, 0) is 14.3 Å². The lowest BCUT2D eigenvalue weighted by molar-refractivity contribution is -0.138. The van der Waals surface area contributed by atoms with Crippen molar-refractivity contribution in [1.82, 2.24) is 0 Å². The third-order valence-corrected chi connectivity index (χ3v) is 1.22. The maximum absolute atomic E-state index is 10.0. The van der Waals surface area contributed by atoms with Crippen LogP contribution in [0.4, 0.5) is 0 Å². The molecule has 0 aliphatic carbocycles. The van der Waals surface area contributed by atoms with Crippen molar-refractivity contribution in [3.63, 3.8) is 0 Å². The SMILES string of the molecule is COC(C)COCCC(=O)O. The Morgan fingerprint density at radius 1 is 1.64 bits per heavy atom. The first-order chi connectivity index (χ1) is 5.16. The fraction of sp³-hybridized carbons (Fsp3) is 0.857. The summed E-state index contributed by atoms with van der Waals surface area (Å²) in [5.74, 6) is -0.838. The fourth-order valence-corrected chi connectivity index (χ4v) is 0.477. The molecule has 0 aromatic carbocycles. The largest absolute Gasteiger partial charge is 0.481 e. The van der Waals surface area contributed by atoms with Crippen LogP contribution in [0.5, 0.6) is 0 Å². The number of rotatable bonds is 6. The topological polar surface area (TPSA) is 55.8 Å². The molecule has 0 aromatic rings. The van der Waals surface area contributed by atoms with Crippen LogP contribution in [0, 0.1) is 0 Å². The highest BCUT2D eigenvalue weighted by Crippen LogP contribution is 1.90. The summed E-state index contributed by atoms with van der Waals surface area (Å²) in [4.78, 5) is 10.0. The molecule has 0 heterocycles. The van der Waals surface area contributed by atoms with Crippen LogP contribution >= 0.6 is 0 Å². The predicted octanol–water partition coefficient (Wildman–Crippen LogP) is 0.513. The van der Waals surface area contributed by atoms with Crippen LogP contribution in [0.1, 0.15) is 13.3 Å². The zero-order valence-corrected chi connectivity index (χ0v) is 6.87. The van der Waals surface area contributed by atoms with Gasteiger partial charge in [-0.15, -0.1) is 0 Å². The summed E-state index contributed by atoms with van der Waals surface area (Å²) >= 11 is 0. The zero-order chi connectivity index (χ0) is 8.69. The second-order valence-corrected chi connectivity index (χ2v) is 2.26. The Balaban J connectivity index is 3.08. The van der Waals surface area contributed by atoms with Crippen molar-refractivity contribution >= 4 is 5.97 Å². The van der Waals surface area contributed by atoms with E-state index in [1.165, 1.54) is 0 Å². The molecule has 0 spiro atoms. The van der Waals surface area contributed by atoms with E-state index in [4.69, 9.17) is 14.6 Å². The van der Waals surface area contributed by atoms with Crippen molar-refractivity contribution in [2.45, 2.75) is 19.4 Å². The number of carboxylic acids is 1. The van der Waals surface area contributed by atoms with E-state index >= 15 is 0 Å². The van der Waals surface area contributed by atoms with Gasteiger partial charge >= 0.3 is 5.97 Å². The number of hydrogen-bond donors (Lipinski definition) is 1. The molecule has 4 heteroatoms. The monoisotopic (exact) mass is 162 g/mol. The molecule has 0 saturated heterocycles. The molecular weight excluding hydrogens is 148 g/mol. The van der Waals surface area contributed by atoms with E-state index in [1.54, 1.807) is 7.11 Å². The molecule has 0 radical (unpaired) electrons. The highest BCUT2D eigenvalue weighted by molar-refractivity contribution is 5.66. The lowest BCUT2D eigenvalue weighted by Gasteiger charge is -2.08. The summed E-state index contributed by atoms with van der Waals surface area (Å²) in [5.41, 5.74) is 0. The minimum atomic E-state index is -0.838. The Hall–Kier alpha value is -0.610. The minimum Gasteiger partial charge on any atom is -0.481 e. The average molecular weight is 162 g/mol. The molecule has 1 unspecified atom stereocenters. The Morgan fingerprint density at radius 2 is 2.27 bits per heavy atom. The molecule has 11 heavy (non-hydrogen) atoms. The number of carboxylic acid groups (broad SMARTS) is 1. The quantitative estimate of drug-likeness (QED) is 0.578. The summed E-state index contributed by atoms with van der Waals surface area (Å²) < 4.78 is 9.88. The van der Waals surface area contributed by atoms with Crippen LogP contribution in [-0.4, -0.2) is 37.5 Å². The Kier molecular flexibility index (Phi) is 5.78. The average Bonchev–Trinajstić information content (AvgIpc) is 1.97. The Morgan fingerprint density at radius 3 is 2.73 bits per heavy atom. The minimum absolute atomic E-state index is 0.0313. The van der Waals surface area contributed by atoms with E-state index in [9.17, 15) is 4.79 Å². The van der Waals surface area contributed by atoms with Gasteiger partial charge in [-0.2, -0.15) is 0 Å². The van der Waals surface area contributed by atoms with Gasteiger partial charge in [0.15, 0.2) is 0 Å². The summed E-state index contributed by atoms with van der Waals surface area (Å²) in [6.07, 6.45) is 0.0833. The lowest BCUT2D eigenvalue weighted by atomic mass is 10.4. The lowest BCUT2D eigenvalue weighted by Crippen LogP contribution is -2.15. The molecule has 0 aliphatic rings. The molecular formula is C7H14O4. The van der Waals surface area contributed by atoms with Gasteiger partial charge in [-0.25, -0.2) is 0 Å². The first-order valence-corrected chi connectivity index (χ1v) is 3.49. The first-order valence-electron chi connectivity index (χ1n) is 3.49. The van der Waals surface area contributed by atoms with Gasteiger partial charge < -0.3 is 14.6 Å². The molecule has 0 rings (SSSR count). The van der Waals surface area contributed by atoms with Gasteiger partial charge in [-0.1, -0.05) is 0 Å². The van der Waals surface area contributed by atoms with Crippen molar-refractivity contribution in [3.05, 3.63) is 0 Å². The van der Waals surface area contributed by atoms with E-state index in [0.717, 1.165) is 0 Å². The van der Waals surface area contributed by atoms with Gasteiger partial charge in [-0.3, -0.25) is 4.79 Å². The third kappa shape index (κ3) is 7.29. The van der Waals surface area contributed by atoms with Gasteiger partial charge in [-0.05, 0) is 6.92 Å². The normalized spacial score (nSPS) is 12.9. The van der Waals surface area contributed by atoms with Gasteiger partial charge in [0, 0.05) is 7.11 Å². The van der Waals surface area contributed by atoms with Crippen LogP contribution < -0.4 is 0 Å². The van der Waals surface area contributed by atoms with Gasteiger partial charge in [0.2, 0.25) is 0 Å². The van der Waals surface area contributed by atoms with Gasteiger partial charge in [0.1, 0.15) is 0 Å². The Bertz CT molecular complexity index is 113. The standard InChI is InChI=1S/C7H14O4/c1-6(10-2)5-11-4-3-7(8)9/h6H,3-5H2,1-2H3,(H,8,9). The second kappa shape index (κ2) is 6.12. The third-order valence-electron chi connectivity index (χ3n) is 1.22. The Labute approximate surface area is 66.1 Å². The molecule has 0 saturated carbocycles. The van der Waals surface area contributed by atoms with Crippen molar-refractivity contribution in [2.24, 2.45) is 0 Å². The van der Waals surface area contributed by atoms with Crippen LogP contribution in [0.25, 0.3) is 0 Å².